The molecular formula is C22H21Cl2FN4O3. The van der Waals surface area contributed by atoms with Crippen molar-refractivity contribution in [3.63, 3.8) is 0 Å². The molecule has 3 aromatic rings. The van der Waals surface area contributed by atoms with E-state index in [1.807, 2.05) is 20.0 Å². The number of aromatic nitrogens is 3. The molecule has 0 radical (unpaired) electrons. The molecule has 168 valence electrons. The van der Waals surface area contributed by atoms with E-state index >= 15 is 0 Å². The third kappa shape index (κ3) is 4.61. The summed E-state index contributed by atoms with van der Waals surface area (Å²) in [6.45, 7) is 5.79. The summed E-state index contributed by atoms with van der Waals surface area (Å²) in [5.74, 6) is -0.0925. The molecule has 0 bridgehead atoms. The molecule has 0 aliphatic carbocycles. The zero-order valence-electron chi connectivity index (χ0n) is 17.6. The van der Waals surface area contributed by atoms with Crippen molar-refractivity contribution in [3.05, 3.63) is 70.2 Å². The molecule has 4 rings (SSSR count). The first-order valence-electron chi connectivity index (χ1n) is 9.77. The van der Waals surface area contributed by atoms with Gasteiger partial charge in [0.2, 0.25) is 5.79 Å². The van der Waals surface area contributed by atoms with Crippen molar-refractivity contribution < 1.29 is 18.6 Å². The molecule has 10 heteroatoms. The van der Waals surface area contributed by atoms with Gasteiger partial charge in [-0.25, -0.2) is 9.37 Å². The molecule has 32 heavy (non-hydrogen) atoms. The van der Waals surface area contributed by atoms with Crippen molar-refractivity contribution in [2.75, 3.05) is 5.73 Å². The van der Waals surface area contributed by atoms with E-state index in [2.05, 4.69) is 10.1 Å². The second-order valence-electron chi connectivity index (χ2n) is 7.75. The van der Waals surface area contributed by atoms with Crippen LogP contribution in [0.5, 0.6) is 5.75 Å². The molecule has 0 saturated carbocycles. The summed E-state index contributed by atoms with van der Waals surface area (Å²) in [6, 6.07) is 4.37. The molecule has 2 aromatic heterocycles. The number of nitrogens with two attached hydrogens (primary N) is 1. The van der Waals surface area contributed by atoms with E-state index in [-0.39, 0.29) is 10.8 Å². The van der Waals surface area contributed by atoms with Gasteiger partial charge in [0.1, 0.15) is 24.7 Å². The van der Waals surface area contributed by atoms with Gasteiger partial charge in [0, 0.05) is 48.0 Å². The fourth-order valence-electron chi connectivity index (χ4n) is 3.27. The Balaban J connectivity index is 1.54. The Morgan fingerprint density at radius 3 is 2.75 bits per heavy atom. The van der Waals surface area contributed by atoms with Crippen LogP contribution in [0.25, 0.3) is 11.1 Å². The molecule has 1 aliphatic heterocycles. The molecule has 0 saturated heterocycles. The van der Waals surface area contributed by atoms with E-state index < -0.39 is 17.7 Å². The van der Waals surface area contributed by atoms with Crippen LogP contribution < -0.4 is 10.5 Å². The number of rotatable bonds is 6. The zero-order chi connectivity index (χ0) is 23.0. The maximum Gasteiger partial charge on any atom is 0.244 e. The van der Waals surface area contributed by atoms with Crippen LogP contribution in [0.15, 0.2) is 48.8 Å². The average Bonchev–Trinajstić information content (AvgIpc) is 3.33. The van der Waals surface area contributed by atoms with E-state index in [0.717, 1.165) is 11.1 Å². The van der Waals surface area contributed by atoms with Crippen LogP contribution in [0.2, 0.25) is 10.0 Å². The van der Waals surface area contributed by atoms with E-state index in [1.165, 1.54) is 12.1 Å². The lowest BCUT2D eigenvalue weighted by Crippen LogP contribution is -2.21. The topological polar surface area (TPSA) is 84.4 Å². The van der Waals surface area contributed by atoms with Gasteiger partial charge in [-0.2, -0.15) is 5.10 Å². The van der Waals surface area contributed by atoms with Crippen LogP contribution in [-0.2, 0) is 16.0 Å². The van der Waals surface area contributed by atoms with Crippen molar-refractivity contribution >= 4 is 29.0 Å². The summed E-state index contributed by atoms with van der Waals surface area (Å²) in [6.07, 6.45) is 6.08. The highest BCUT2D eigenvalue weighted by molar-refractivity contribution is 6.36. The highest BCUT2D eigenvalue weighted by Gasteiger charge is 2.27. The summed E-state index contributed by atoms with van der Waals surface area (Å²) < 4.78 is 32.7. The SMILES string of the molecule is CC(Oc1cc(-c2cnn(CC3=COC(C)(C)O3)c2)cnc1N)c1c(Cl)ccc(F)c1Cl. The summed E-state index contributed by atoms with van der Waals surface area (Å²) in [5, 5.41) is 4.56. The molecule has 1 aliphatic rings. The standard InChI is InChI=1S/C22H21Cl2FN4O3/c1-12(19-16(23)4-5-17(25)20(19)24)31-18-6-13(7-27-21(18)26)14-8-28-29(9-14)10-15-11-30-22(2,3)32-15/h4-9,11-12H,10H2,1-3H3,(H2,26,27). The fraction of sp³-hybridized carbons (Fsp3) is 0.273. The number of halogens is 3. The second kappa shape index (κ2) is 8.52. The maximum atomic E-state index is 13.9. The summed E-state index contributed by atoms with van der Waals surface area (Å²) in [7, 11) is 0. The first kappa shape index (κ1) is 22.2. The summed E-state index contributed by atoms with van der Waals surface area (Å²) in [5.41, 5.74) is 7.88. The highest BCUT2D eigenvalue weighted by Crippen LogP contribution is 2.37. The van der Waals surface area contributed by atoms with Crippen LogP contribution in [0.1, 0.15) is 32.4 Å². The molecule has 1 aromatic carbocycles. The average molecular weight is 479 g/mol. The number of allylic oxidation sites excluding steroid dienone is 1. The van der Waals surface area contributed by atoms with Crippen molar-refractivity contribution in [2.24, 2.45) is 0 Å². The van der Waals surface area contributed by atoms with Gasteiger partial charge in [-0.15, -0.1) is 0 Å². The van der Waals surface area contributed by atoms with Crippen LogP contribution in [-0.4, -0.2) is 20.6 Å². The Kier molecular flexibility index (Phi) is 5.92. The predicted octanol–water partition coefficient (Wildman–Crippen LogP) is 5.74. The van der Waals surface area contributed by atoms with E-state index in [0.29, 0.717) is 28.6 Å². The Bertz CT molecular complexity index is 1200. The van der Waals surface area contributed by atoms with Gasteiger partial charge in [0.25, 0.3) is 0 Å². The van der Waals surface area contributed by atoms with Crippen LogP contribution in [0.4, 0.5) is 10.2 Å². The first-order chi connectivity index (χ1) is 15.1. The Hall–Kier alpha value is -2.97. The lowest BCUT2D eigenvalue weighted by atomic mass is 10.1. The fourth-order valence-corrected chi connectivity index (χ4v) is 3.95. The van der Waals surface area contributed by atoms with E-state index in [9.17, 15) is 4.39 Å². The lowest BCUT2D eigenvalue weighted by Gasteiger charge is -2.19. The number of hydrogen-bond donors (Lipinski definition) is 1. The lowest BCUT2D eigenvalue weighted by molar-refractivity contribution is -0.118. The van der Waals surface area contributed by atoms with Gasteiger partial charge in [0.15, 0.2) is 17.3 Å². The second-order valence-corrected chi connectivity index (χ2v) is 8.54. The van der Waals surface area contributed by atoms with Gasteiger partial charge in [-0.05, 0) is 25.1 Å². The van der Waals surface area contributed by atoms with Gasteiger partial charge in [-0.1, -0.05) is 23.2 Å². The maximum absolute atomic E-state index is 13.9. The third-order valence-corrected chi connectivity index (χ3v) is 5.52. The van der Waals surface area contributed by atoms with Gasteiger partial charge in [-0.3, -0.25) is 4.68 Å². The van der Waals surface area contributed by atoms with E-state index in [1.54, 1.807) is 36.3 Å². The van der Waals surface area contributed by atoms with Crippen LogP contribution in [0.3, 0.4) is 0 Å². The largest absolute Gasteiger partial charge is 0.482 e. The molecule has 1 atom stereocenters. The predicted molar refractivity (Wildman–Crippen MR) is 120 cm³/mol. The highest BCUT2D eigenvalue weighted by atomic mass is 35.5. The number of anilines is 1. The minimum absolute atomic E-state index is 0.0930. The van der Waals surface area contributed by atoms with Gasteiger partial charge < -0.3 is 19.9 Å². The molecule has 2 N–H and O–H groups in total. The Labute approximate surface area is 194 Å². The molecule has 1 unspecified atom stereocenters. The monoisotopic (exact) mass is 478 g/mol. The molecule has 0 amide bonds. The van der Waals surface area contributed by atoms with Crippen molar-refractivity contribution in [1.82, 2.24) is 14.8 Å². The number of pyridine rings is 1. The molecule has 0 spiro atoms. The Morgan fingerprint density at radius 1 is 1.25 bits per heavy atom. The van der Waals surface area contributed by atoms with Crippen LogP contribution in [0, 0.1) is 5.82 Å². The van der Waals surface area contributed by atoms with Crippen LogP contribution >= 0.6 is 23.2 Å². The molecule has 0 fully saturated rings. The van der Waals surface area contributed by atoms with Gasteiger partial charge in [0.05, 0.1) is 11.2 Å². The number of nitrogen functional groups attached to an aromatic ring is 1. The van der Waals surface area contributed by atoms with Gasteiger partial charge >= 0.3 is 0 Å². The number of benzene rings is 1. The zero-order valence-corrected chi connectivity index (χ0v) is 19.1. The molecular weight excluding hydrogens is 458 g/mol. The van der Waals surface area contributed by atoms with Crippen molar-refractivity contribution in [3.8, 4) is 16.9 Å². The first-order valence-corrected chi connectivity index (χ1v) is 10.5. The Morgan fingerprint density at radius 2 is 2.03 bits per heavy atom. The molecule has 7 nitrogen and oxygen atoms in total. The minimum Gasteiger partial charge on any atom is -0.482 e. The smallest absolute Gasteiger partial charge is 0.244 e. The van der Waals surface area contributed by atoms with E-state index in [4.69, 9.17) is 43.1 Å². The minimum atomic E-state index is -0.678. The quantitative estimate of drug-likeness (QED) is 0.454. The number of ether oxygens (including phenoxy) is 3. The third-order valence-electron chi connectivity index (χ3n) is 4.81. The number of hydrogen-bond acceptors (Lipinski definition) is 6. The van der Waals surface area contributed by atoms with Crippen molar-refractivity contribution in [1.29, 1.82) is 0 Å². The summed E-state index contributed by atoms with van der Waals surface area (Å²) >= 11 is 12.3. The number of nitrogens with zero attached hydrogens (tertiary/aromatic N) is 3. The normalized spacial score (nSPS) is 15.6. The summed E-state index contributed by atoms with van der Waals surface area (Å²) in [4.78, 5) is 4.22. The molecule has 3 heterocycles. The van der Waals surface area contributed by atoms with Crippen molar-refractivity contribution in [2.45, 2.75) is 39.2 Å².